The van der Waals surface area contributed by atoms with Crippen molar-refractivity contribution in [3.8, 4) is 0 Å². The van der Waals surface area contributed by atoms with Crippen LogP contribution in [-0.2, 0) is 9.53 Å². The molecule has 1 saturated heterocycles. The number of carbonyl (C=O) groups excluding carboxylic acids is 1. The second-order valence-electron chi connectivity index (χ2n) is 4.87. The fourth-order valence-electron chi connectivity index (χ4n) is 2.55. The topological polar surface area (TPSA) is 50.4 Å². The summed E-state index contributed by atoms with van der Waals surface area (Å²) in [6.07, 6.45) is 6.18. The molecule has 1 saturated carbocycles. The van der Waals surface area contributed by atoms with E-state index in [1.807, 2.05) is 11.8 Å². The molecule has 0 aromatic carbocycles. The summed E-state index contributed by atoms with van der Waals surface area (Å²) in [6, 6.07) is 0.589. The van der Waals surface area contributed by atoms with Crippen LogP contribution in [0.15, 0.2) is 0 Å². The van der Waals surface area contributed by atoms with Crippen molar-refractivity contribution >= 4 is 17.7 Å². The van der Waals surface area contributed by atoms with Crippen LogP contribution in [0.2, 0.25) is 0 Å². The van der Waals surface area contributed by atoms with Crippen LogP contribution in [0.3, 0.4) is 0 Å². The summed E-state index contributed by atoms with van der Waals surface area (Å²) in [4.78, 5) is 11.8. The number of hydrogen-bond donors (Lipinski definition) is 2. The van der Waals surface area contributed by atoms with Crippen LogP contribution in [0.1, 0.15) is 25.7 Å². The molecule has 0 radical (unpaired) electrons. The Bertz CT molecular complexity index is 257. The molecule has 3 atom stereocenters. The minimum absolute atomic E-state index is 0.166. The Labute approximate surface area is 107 Å². The van der Waals surface area contributed by atoms with Gasteiger partial charge in [0, 0.05) is 30.3 Å². The first kappa shape index (κ1) is 13.2. The van der Waals surface area contributed by atoms with Crippen molar-refractivity contribution in [3.63, 3.8) is 0 Å². The first-order valence-corrected chi connectivity index (χ1v) is 7.70. The van der Waals surface area contributed by atoms with Crippen molar-refractivity contribution in [1.29, 1.82) is 0 Å². The Kier molecular flexibility index (Phi) is 5.13. The first-order chi connectivity index (χ1) is 8.28. The molecule has 2 rings (SSSR count). The van der Waals surface area contributed by atoms with Crippen LogP contribution in [0.5, 0.6) is 0 Å². The maximum Gasteiger partial charge on any atom is 0.221 e. The van der Waals surface area contributed by atoms with Gasteiger partial charge in [-0.2, -0.15) is 11.8 Å². The maximum atomic E-state index is 11.8. The maximum absolute atomic E-state index is 11.8. The lowest BCUT2D eigenvalue weighted by Crippen LogP contribution is -2.45. The third-order valence-corrected chi connectivity index (χ3v) is 4.61. The summed E-state index contributed by atoms with van der Waals surface area (Å²) < 4.78 is 5.34. The Morgan fingerprint density at radius 1 is 1.53 bits per heavy atom. The van der Waals surface area contributed by atoms with Crippen LogP contribution in [0.25, 0.3) is 0 Å². The standard InChI is InChI=1S/C12H22N2O2S/c1-17-11-3-2-9(6-11)14-12(15)7-10-8-16-5-4-13-10/h9-11,13H,2-8H2,1H3,(H,14,15). The second kappa shape index (κ2) is 6.61. The normalized spacial score (nSPS) is 33.6. The van der Waals surface area contributed by atoms with E-state index in [0.29, 0.717) is 19.1 Å². The van der Waals surface area contributed by atoms with Gasteiger partial charge in [-0.3, -0.25) is 4.79 Å². The van der Waals surface area contributed by atoms with Crippen LogP contribution in [-0.4, -0.2) is 49.3 Å². The number of nitrogens with one attached hydrogen (secondary N) is 2. The molecule has 98 valence electrons. The van der Waals surface area contributed by atoms with Gasteiger partial charge >= 0.3 is 0 Å². The molecule has 2 aliphatic rings. The summed E-state index contributed by atoms with van der Waals surface area (Å²) in [5.74, 6) is 0.166. The zero-order valence-corrected chi connectivity index (χ0v) is 11.2. The van der Waals surface area contributed by atoms with E-state index in [-0.39, 0.29) is 11.9 Å². The Balaban J connectivity index is 1.66. The molecule has 2 fully saturated rings. The summed E-state index contributed by atoms with van der Waals surface area (Å²) >= 11 is 1.92. The van der Waals surface area contributed by atoms with Crippen molar-refractivity contribution in [1.82, 2.24) is 10.6 Å². The molecule has 3 unspecified atom stereocenters. The molecule has 0 aromatic heterocycles. The third kappa shape index (κ3) is 4.16. The molecule has 1 heterocycles. The van der Waals surface area contributed by atoms with Gasteiger partial charge in [0.25, 0.3) is 0 Å². The zero-order valence-electron chi connectivity index (χ0n) is 10.4. The molecule has 1 aliphatic heterocycles. The van der Waals surface area contributed by atoms with Gasteiger partial charge in [0.15, 0.2) is 0 Å². The molecule has 5 heteroatoms. The van der Waals surface area contributed by atoms with Crippen molar-refractivity contribution in [3.05, 3.63) is 0 Å². The first-order valence-electron chi connectivity index (χ1n) is 6.41. The lowest BCUT2D eigenvalue weighted by molar-refractivity contribution is -0.122. The fraction of sp³-hybridized carbons (Fsp3) is 0.917. The van der Waals surface area contributed by atoms with E-state index in [0.717, 1.165) is 31.2 Å². The highest BCUT2D eigenvalue weighted by Gasteiger charge is 2.26. The molecule has 0 aromatic rings. The van der Waals surface area contributed by atoms with E-state index in [2.05, 4.69) is 16.9 Å². The minimum Gasteiger partial charge on any atom is -0.378 e. The Morgan fingerprint density at radius 2 is 2.41 bits per heavy atom. The predicted molar refractivity (Wildman–Crippen MR) is 70.3 cm³/mol. The SMILES string of the molecule is CSC1CCC(NC(=O)CC2COCCN2)C1. The number of morpholine rings is 1. The molecular formula is C12H22N2O2S. The molecule has 2 N–H and O–H groups in total. The van der Waals surface area contributed by atoms with E-state index < -0.39 is 0 Å². The van der Waals surface area contributed by atoms with Gasteiger partial charge in [-0.25, -0.2) is 0 Å². The van der Waals surface area contributed by atoms with Crippen molar-refractivity contribution in [2.45, 2.75) is 43.0 Å². The van der Waals surface area contributed by atoms with Crippen LogP contribution < -0.4 is 10.6 Å². The molecule has 0 bridgehead atoms. The lowest BCUT2D eigenvalue weighted by atomic mass is 10.1. The molecule has 1 aliphatic carbocycles. The number of ether oxygens (including phenoxy) is 1. The highest BCUT2D eigenvalue weighted by atomic mass is 32.2. The van der Waals surface area contributed by atoms with Gasteiger partial charge in [0.05, 0.1) is 13.2 Å². The molecule has 1 amide bonds. The van der Waals surface area contributed by atoms with Gasteiger partial charge in [-0.05, 0) is 25.5 Å². The smallest absolute Gasteiger partial charge is 0.221 e. The van der Waals surface area contributed by atoms with Crippen molar-refractivity contribution < 1.29 is 9.53 Å². The van der Waals surface area contributed by atoms with Gasteiger partial charge in [-0.15, -0.1) is 0 Å². The second-order valence-corrected chi connectivity index (χ2v) is 6.00. The molecule has 17 heavy (non-hydrogen) atoms. The summed E-state index contributed by atoms with van der Waals surface area (Å²) in [5, 5.41) is 7.18. The monoisotopic (exact) mass is 258 g/mol. The van der Waals surface area contributed by atoms with Gasteiger partial charge < -0.3 is 15.4 Å². The average Bonchev–Trinajstić information content (AvgIpc) is 2.78. The van der Waals surface area contributed by atoms with Gasteiger partial charge in [0.1, 0.15) is 0 Å². The number of hydrogen-bond acceptors (Lipinski definition) is 4. The number of thioether (sulfide) groups is 1. The predicted octanol–water partition coefficient (Wildman–Crippen LogP) is 0.765. The lowest BCUT2D eigenvalue weighted by Gasteiger charge is -2.24. The van der Waals surface area contributed by atoms with Crippen LogP contribution in [0.4, 0.5) is 0 Å². The molecular weight excluding hydrogens is 236 g/mol. The highest BCUT2D eigenvalue weighted by Crippen LogP contribution is 2.28. The van der Waals surface area contributed by atoms with Crippen LogP contribution >= 0.6 is 11.8 Å². The quantitative estimate of drug-likeness (QED) is 0.782. The highest BCUT2D eigenvalue weighted by molar-refractivity contribution is 7.99. The molecule has 0 spiro atoms. The van der Waals surface area contributed by atoms with Gasteiger partial charge in [-0.1, -0.05) is 0 Å². The fourth-order valence-corrected chi connectivity index (χ4v) is 3.34. The Hall–Kier alpha value is -0.260. The minimum atomic E-state index is 0.166. The van der Waals surface area contributed by atoms with Gasteiger partial charge in [0.2, 0.25) is 5.91 Å². The number of amides is 1. The van der Waals surface area contributed by atoms with Crippen LogP contribution in [0, 0.1) is 0 Å². The summed E-state index contributed by atoms with van der Waals surface area (Å²) in [7, 11) is 0. The Morgan fingerprint density at radius 3 is 3.06 bits per heavy atom. The van der Waals surface area contributed by atoms with Crippen molar-refractivity contribution in [2.75, 3.05) is 26.0 Å². The average molecular weight is 258 g/mol. The third-order valence-electron chi connectivity index (χ3n) is 3.51. The number of rotatable bonds is 4. The van der Waals surface area contributed by atoms with E-state index in [1.165, 1.54) is 6.42 Å². The van der Waals surface area contributed by atoms with E-state index in [4.69, 9.17) is 4.74 Å². The van der Waals surface area contributed by atoms with Crippen molar-refractivity contribution in [2.24, 2.45) is 0 Å². The number of carbonyl (C=O) groups is 1. The van der Waals surface area contributed by atoms with E-state index in [9.17, 15) is 4.79 Å². The zero-order chi connectivity index (χ0) is 12.1. The summed E-state index contributed by atoms with van der Waals surface area (Å²) in [6.45, 7) is 2.28. The largest absolute Gasteiger partial charge is 0.378 e. The summed E-state index contributed by atoms with van der Waals surface area (Å²) in [5.41, 5.74) is 0. The molecule has 4 nitrogen and oxygen atoms in total. The van der Waals surface area contributed by atoms with E-state index >= 15 is 0 Å². The van der Waals surface area contributed by atoms with E-state index in [1.54, 1.807) is 0 Å².